The molecule has 4 heterocycles. The number of aryl methyl sites for hydroxylation is 2. The van der Waals surface area contributed by atoms with Crippen molar-refractivity contribution in [1.82, 2.24) is 15.0 Å². The molecule has 38 heavy (non-hydrogen) atoms. The second-order valence-corrected chi connectivity index (χ2v) is 8.35. The number of hydrogen-bond donors (Lipinski definition) is 0. The van der Waals surface area contributed by atoms with Crippen molar-refractivity contribution in [2.45, 2.75) is 13.7 Å². The van der Waals surface area contributed by atoms with Crippen LogP contribution in [-0.2, 0) is 20.1 Å². The molecule has 3 aromatic carbocycles. The monoisotopic (exact) mass is 676 g/mol. The van der Waals surface area contributed by atoms with Gasteiger partial charge in [-0.3, -0.25) is 4.98 Å². The van der Waals surface area contributed by atoms with Gasteiger partial charge in [0.05, 0.1) is 5.58 Å². The Morgan fingerprint density at radius 1 is 0.711 bits per heavy atom. The Labute approximate surface area is 243 Å². The topological polar surface area (TPSA) is 51.8 Å². The number of nitrogens with zero attached hydrogens (tertiary/aromatic N) is 3. The number of pyridine rings is 3. The minimum absolute atomic E-state index is 0. The fourth-order valence-corrected chi connectivity index (χ4v) is 4.23. The largest absolute Gasteiger partial charge is 0.500 e. The first-order chi connectivity index (χ1) is 20.6. The van der Waals surface area contributed by atoms with Crippen LogP contribution in [-0.4, -0.2) is 15.0 Å². The van der Waals surface area contributed by atoms with Gasteiger partial charge in [0.1, 0.15) is 5.58 Å². The maximum absolute atomic E-state index is 7.56. The quantitative estimate of drug-likeness (QED) is 0.174. The molecule has 1 radical (unpaired) electrons. The molecule has 0 atom stereocenters. The van der Waals surface area contributed by atoms with E-state index in [0.717, 1.165) is 44.1 Å². The zero-order valence-electron chi connectivity index (χ0n) is 25.9. The van der Waals surface area contributed by atoms with Gasteiger partial charge in [-0.1, -0.05) is 47.3 Å². The van der Waals surface area contributed by atoms with E-state index in [0.29, 0.717) is 11.2 Å². The molecule has 0 unspecified atom stereocenters. The Hall–Kier alpha value is -4.18. The average Bonchev–Trinajstić information content (AvgIpc) is 3.41. The van der Waals surface area contributed by atoms with Gasteiger partial charge < -0.3 is 14.4 Å². The summed E-state index contributed by atoms with van der Waals surface area (Å²) in [5.41, 5.74) is 4.90. The summed E-state index contributed by atoms with van der Waals surface area (Å²) in [6, 6.07) is 32.0. The van der Waals surface area contributed by atoms with E-state index in [1.54, 1.807) is 36.7 Å². The Kier molecular flexibility index (Phi) is 5.52. The molecule has 0 aliphatic carbocycles. The van der Waals surface area contributed by atoms with Crippen molar-refractivity contribution in [1.29, 1.82) is 0 Å². The van der Waals surface area contributed by atoms with Crippen molar-refractivity contribution < 1.29 is 32.7 Å². The van der Waals surface area contributed by atoms with Crippen LogP contribution in [0.15, 0.2) is 108 Å². The van der Waals surface area contributed by atoms with E-state index in [1.807, 2.05) is 60.7 Å². The van der Waals surface area contributed by atoms with E-state index in [4.69, 9.17) is 12.6 Å². The summed E-state index contributed by atoms with van der Waals surface area (Å²) in [6.45, 7) is -4.33. The van der Waals surface area contributed by atoms with Crippen molar-refractivity contribution in [2.24, 2.45) is 0 Å². The minimum Gasteiger partial charge on any atom is -0.500 e. The summed E-state index contributed by atoms with van der Waals surface area (Å²) in [7, 11) is 0. The van der Waals surface area contributed by atoms with Crippen molar-refractivity contribution in [3.63, 3.8) is 0 Å². The van der Waals surface area contributed by atoms with Gasteiger partial charge in [-0.25, -0.2) is 0 Å². The van der Waals surface area contributed by atoms with Gasteiger partial charge in [0.25, 0.3) is 0 Å². The van der Waals surface area contributed by atoms with Gasteiger partial charge in [0.15, 0.2) is 0 Å². The van der Waals surface area contributed by atoms with Crippen molar-refractivity contribution in [3.05, 3.63) is 127 Å². The zero-order valence-corrected chi connectivity index (χ0v) is 22.3. The molecule has 0 amide bonds. The molecule has 0 N–H and O–H groups in total. The summed E-state index contributed by atoms with van der Waals surface area (Å²) < 4.78 is 50.6. The predicted octanol–water partition coefficient (Wildman–Crippen LogP) is 8.16. The van der Waals surface area contributed by atoms with Gasteiger partial charge in [-0.05, 0) is 48.2 Å². The molecule has 4 nitrogen and oxygen atoms in total. The SMILES string of the molecule is [2H]C([2H])([2H])c1cc2ccc3c4cc[c-]c(-c5ccccn5)c4oc3c2cn1.[2H]C([2H])([2H])c1ccc(-c2[c-]cccc2)nc1.[Ir]. The summed E-state index contributed by atoms with van der Waals surface area (Å²) in [5.74, 6) is 0. The molecule has 0 aliphatic heterocycles. The molecule has 7 rings (SSSR count). The summed E-state index contributed by atoms with van der Waals surface area (Å²) in [5, 5.41) is 3.48. The smallest absolute Gasteiger partial charge is 0.130 e. The van der Waals surface area contributed by atoms with Gasteiger partial charge in [0, 0.05) is 63.4 Å². The molecule has 0 bridgehead atoms. The molecule has 0 fully saturated rings. The molecule has 7 aromatic rings. The first-order valence-electron chi connectivity index (χ1n) is 14.6. The molecule has 0 aliphatic rings. The number of rotatable bonds is 2. The molecule has 0 saturated heterocycles. The van der Waals surface area contributed by atoms with Crippen molar-refractivity contribution >= 4 is 32.7 Å². The van der Waals surface area contributed by atoms with E-state index in [2.05, 4.69) is 27.1 Å². The molecule has 0 spiro atoms. The van der Waals surface area contributed by atoms with Crippen molar-refractivity contribution in [3.8, 4) is 22.5 Å². The van der Waals surface area contributed by atoms with E-state index in [9.17, 15) is 0 Å². The van der Waals surface area contributed by atoms with Gasteiger partial charge in [-0.2, -0.15) is 0 Å². The van der Waals surface area contributed by atoms with Crippen LogP contribution in [0.25, 0.3) is 55.2 Å². The number of hydrogen-bond acceptors (Lipinski definition) is 4. The van der Waals surface area contributed by atoms with Crippen LogP contribution in [0.3, 0.4) is 0 Å². The molecule has 0 saturated carbocycles. The minimum atomic E-state index is -2.24. The summed E-state index contributed by atoms with van der Waals surface area (Å²) in [4.78, 5) is 12.7. The Morgan fingerprint density at radius 2 is 1.63 bits per heavy atom. The third-order valence-electron chi connectivity index (χ3n) is 5.97. The maximum Gasteiger partial charge on any atom is 0.130 e. The van der Waals surface area contributed by atoms with Crippen LogP contribution in [0.2, 0.25) is 0 Å². The third kappa shape index (κ3) is 4.99. The fourth-order valence-electron chi connectivity index (χ4n) is 4.23. The van der Waals surface area contributed by atoms with E-state index in [-0.39, 0.29) is 31.4 Å². The molecule has 5 heteroatoms. The number of furan rings is 1. The average molecular weight is 676 g/mol. The van der Waals surface area contributed by atoms with Crippen LogP contribution >= 0.6 is 0 Å². The standard InChI is InChI=1S/C21H13N2O.C12H10N.Ir/c1-13-11-14-8-9-16-15-5-4-6-17(19-7-2-3-10-22-19)20(15)24-21(16)18(14)12-23-13;1-10-7-8-12(13-9-10)11-5-3-2-4-6-11;/h2-5,7-12H,1H3;2-5,7-9H,1H3;/q2*-1;/i2*1D3;. The van der Waals surface area contributed by atoms with Gasteiger partial charge in [0.2, 0.25) is 0 Å². The number of fused-ring (bicyclic) bond motifs is 5. The predicted molar refractivity (Wildman–Crippen MR) is 149 cm³/mol. The second-order valence-electron chi connectivity index (χ2n) is 8.35. The summed E-state index contributed by atoms with van der Waals surface area (Å²) in [6.07, 6.45) is 4.70. The number of benzene rings is 3. The molecule has 187 valence electrons. The van der Waals surface area contributed by atoms with Crippen LogP contribution < -0.4 is 0 Å². The van der Waals surface area contributed by atoms with Gasteiger partial charge in [-0.15, -0.1) is 54.1 Å². The van der Waals surface area contributed by atoms with Crippen LogP contribution in [0.4, 0.5) is 0 Å². The van der Waals surface area contributed by atoms with E-state index >= 15 is 0 Å². The molecular weight excluding hydrogens is 647 g/mol. The normalized spacial score (nSPS) is 13.7. The van der Waals surface area contributed by atoms with E-state index < -0.39 is 13.7 Å². The third-order valence-corrected chi connectivity index (χ3v) is 5.97. The van der Waals surface area contributed by atoms with Crippen LogP contribution in [0, 0.1) is 25.8 Å². The molecule has 4 aromatic heterocycles. The van der Waals surface area contributed by atoms with Crippen molar-refractivity contribution in [2.75, 3.05) is 0 Å². The number of aromatic nitrogens is 3. The Balaban J connectivity index is 0.000000194. The zero-order chi connectivity index (χ0) is 30.2. The maximum atomic E-state index is 7.56. The van der Waals surface area contributed by atoms with Crippen LogP contribution in [0.1, 0.15) is 19.5 Å². The summed E-state index contributed by atoms with van der Waals surface area (Å²) >= 11 is 0. The van der Waals surface area contributed by atoms with Gasteiger partial charge >= 0.3 is 0 Å². The first-order valence-corrected chi connectivity index (χ1v) is 11.6. The second kappa shape index (κ2) is 11.1. The fraction of sp³-hybridized carbons (Fsp3) is 0.0606. The Morgan fingerprint density at radius 3 is 2.39 bits per heavy atom. The first kappa shape index (κ1) is 19.0. The van der Waals surface area contributed by atoms with E-state index in [1.165, 1.54) is 6.20 Å². The van der Waals surface area contributed by atoms with Crippen LogP contribution in [0.5, 0.6) is 0 Å². The molecular formula is C33H23IrN3O-2. The Bertz CT molecular complexity index is 2040.